The second kappa shape index (κ2) is 8.88. The van der Waals surface area contributed by atoms with E-state index < -0.39 is 6.10 Å². The number of hydrogen-bond donors (Lipinski definition) is 0. The Kier molecular flexibility index (Phi) is 6.04. The van der Waals surface area contributed by atoms with Crippen LogP contribution in [0, 0.1) is 0 Å². The molecule has 1 atom stereocenters. The standard InChI is InChI=1S/C23H24ClN3O3/c1-15(29-20-12-9-16-5-3-4-6-18(16)13-20)23(28)27(2)14-21-25-22(26-30-21)17-7-10-19(24)11-8-17/h7-13,15H,3-6,14H2,1-2H3. The summed E-state index contributed by atoms with van der Waals surface area (Å²) >= 11 is 5.91. The summed E-state index contributed by atoms with van der Waals surface area (Å²) < 4.78 is 11.2. The third kappa shape index (κ3) is 4.65. The number of nitrogens with zero attached hydrogens (tertiary/aromatic N) is 3. The highest BCUT2D eigenvalue weighted by Crippen LogP contribution is 2.26. The van der Waals surface area contributed by atoms with Gasteiger partial charge in [0.2, 0.25) is 11.7 Å². The van der Waals surface area contributed by atoms with Crippen LogP contribution < -0.4 is 4.74 Å². The van der Waals surface area contributed by atoms with E-state index in [0.29, 0.717) is 16.7 Å². The third-order valence-corrected chi connectivity index (χ3v) is 5.55. The van der Waals surface area contributed by atoms with Crippen LogP contribution in [0.15, 0.2) is 47.0 Å². The molecule has 1 unspecified atom stereocenters. The molecule has 0 N–H and O–H groups in total. The molecule has 0 aliphatic heterocycles. The van der Waals surface area contributed by atoms with Gasteiger partial charge in [0.1, 0.15) is 5.75 Å². The van der Waals surface area contributed by atoms with E-state index in [0.717, 1.165) is 24.2 Å². The predicted molar refractivity (Wildman–Crippen MR) is 114 cm³/mol. The average molecular weight is 426 g/mol. The van der Waals surface area contributed by atoms with Crippen LogP contribution in [0.25, 0.3) is 11.4 Å². The minimum absolute atomic E-state index is 0.154. The Morgan fingerprint density at radius 2 is 1.90 bits per heavy atom. The highest BCUT2D eigenvalue weighted by atomic mass is 35.5. The lowest BCUT2D eigenvalue weighted by Gasteiger charge is -2.22. The molecule has 0 saturated heterocycles. The summed E-state index contributed by atoms with van der Waals surface area (Å²) in [6.07, 6.45) is 4.02. The Morgan fingerprint density at radius 1 is 1.17 bits per heavy atom. The molecule has 0 spiro atoms. The van der Waals surface area contributed by atoms with Crippen molar-refractivity contribution in [2.24, 2.45) is 0 Å². The van der Waals surface area contributed by atoms with Crippen LogP contribution in [0.1, 0.15) is 36.8 Å². The molecule has 2 aromatic carbocycles. The van der Waals surface area contributed by atoms with Crippen LogP contribution in [-0.2, 0) is 24.2 Å². The van der Waals surface area contributed by atoms with Crippen molar-refractivity contribution >= 4 is 17.5 Å². The molecule has 1 aliphatic carbocycles. The number of carbonyl (C=O) groups is 1. The summed E-state index contributed by atoms with van der Waals surface area (Å²) in [6.45, 7) is 1.96. The van der Waals surface area contributed by atoms with Crippen LogP contribution in [0.2, 0.25) is 5.02 Å². The minimum atomic E-state index is -0.615. The summed E-state index contributed by atoms with van der Waals surface area (Å²) in [4.78, 5) is 18.6. The van der Waals surface area contributed by atoms with Crippen molar-refractivity contribution in [1.29, 1.82) is 0 Å². The van der Waals surface area contributed by atoms with E-state index in [1.165, 1.54) is 28.9 Å². The number of hydrogen-bond acceptors (Lipinski definition) is 5. The number of halogens is 1. The van der Waals surface area contributed by atoms with Gasteiger partial charge in [-0.05, 0) is 80.1 Å². The summed E-state index contributed by atoms with van der Waals surface area (Å²) in [6, 6.07) is 13.3. The lowest BCUT2D eigenvalue weighted by atomic mass is 9.92. The van der Waals surface area contributed by atoms with Gasteiger partial charge in [0.05, 0.1) is 6.54 Å². The highest BCUT2D eigenvalue weighted by Gasteiger charge is 2.22. The molecular formula is C23H24ClN3O3. The number of aryl methyl sites for hydroxylation is 2. The normalized spacial score (nSPS) is 14.1. The number of rotatable bonds is 6. The van der Waals surface area contributed by atoms with Gasteiger partial charge in [-0.2, -0.15) is 4.98 Å². The first-order valence-electron chi connectivity index (χ1n) is 10.1. The van der Waals surface area contributed by atoms with Crippen molar-refractivity contribution in [3.63, 3.8) is 0 Å². The van der Waals surface area contributed by atoms with Gasteiger partial charge in [-0.3, -0.25) is 4.79 Å². The number of ether oxygens (including phenoxy) is 1. The molecule has 7 heteroatoms. The second-order valence-corrected chi connectivity index (χ2v) is 8.05. The molecule has 0 fully saturated rings. The number of benzene rings is 2. The van der Waals surface area contributed by atoms with Gasteiger partial charge in [-0.15, -0.1) is 0 Å². The number of amides is 1. The van der Waals surface area contributed by atoms with Gasteiger partial charge < -0.3 is 14.2 Å². The van der Waals surface area contributed by atoms with E-state index in [1.54, 1.807) is 26.1 Å². The summed E-state index contributed by atoms with van der Waals surface area (Å²) in [5.41, 5.74) is 3.51. The van der Waals surface area contributed by atoms with E-state index in [9.17, 15) is 4.79 Å². The molecular weight excluding hydrogens is 402 g/mol. The number of aromatic nitrogens is 2. The quantitative estimate of drug-likeness (QED) is 0.572. The fourth-order valence-electron chi connectivity index (χ4n) is 3.66. The minimum Gasteiger partial charge on any atom is -0.481 e. The smallest absolute Gasteiger partial charge is 0.263 e. The number of carbonyl (C=O) groups excluding carboxylic acids is 1. The maximum Gasteiger partial charge on any atom is 0.263 e. The van der Waals surface area contributed by atoms with E-state index >= 15 is 0 Å². The topological polar surface area (TPSA) is 68.5 Å². The first kappa shape index (κ1) is 20.4. The molecule has 0 bridgehead atoms. The molecule has 3 aromatic rings. The van der Waals surface area contributed by atoms with Crippen molar-refractivity contribution in [2.45, 2.75) is 45.3 Å². The van der Waals surface area contributed by atoms with E-state index in [4.69, 9.17) is 20.9 Å². The fraction of sp³-hybridized carbons (Fsp3) is 0.348. The largest absolute Gasteiger partial charge is 0.481 e. The summed E-state index contributed by atoms with van der Waals surface area (Å²) in [5, 5.41) is 4.62. The van der Waals surface area contributed by atoms with Gasteiger partial charge in [0, 0.05) is 17.6 Å². The Labute approximate surface area is 180 Å². The fourth-order valence-corrected chi connectivity index (χ4v) is 3.79. The van der Waals surface area contributed by atoms with Gasteiger partial charge >= 0.3 is 0 Å². The Morgan fingerprint density at radius 3 is 2.67 bits per heavy atom. The van der Waals surface area contributed by atoms with Crippen molar-refractivity contribution in [1.82, 2.24) is 15.0 Å². The first-order chi connectivity index (χ1) is 14.5. The average Bonchev–Trinajstić information content (AvgIpc) is 3.22. The van der Waals surface area contributed by atoms with E-state index in [1.807, 2.05) is 18.2 Å². The van der Waals surface area contributed by atoms with Gasteiger partial charge in [0.25, 0.3) is 5.91 Å². The Balaban J connectivity index is 1.37. The zero-order chi connectivity index (χ0) is 21.1. The monoisotopic (exact) mass is 425 g/mol. The van der Waals surface area contributed by atoms with Crippen LogP contribution in [0.4, 0.5) is 0 Å². The Bertz CT molecular complexity index is 1030. The molecule has 1 aromatic heterocycles. The van der Waals surface area contributed by atoms with Gasteiger partial charge in [-0.25, -0.2) is 0 Å². The zero-order valence-corrected chi connectivity index (χ0v) is 17.9. The second-order valence-electron chi connectivity index (χ2n) is 7.61. The lowest BCUT2D eigenvalue weighted by molar-refractivity contribution is -0.137. The Hall–Kier alpha value is -2.86. The van der Waals surface area contributed by atoms with E-state index in [-0.39, 0.29) is 12.5 Å². The SMILES string of the molecule is CC(Oc1ccc2c(c1)CCCC2)C(=O)N(C)Cc1nc(-c2ccc(Cl)cc2)no1. The number of fused-ring (bicyclic) bond motifs is 1. The van der Waals surface area contributed by atoms with Crippen molar-refractivity contribution in [2.75, 3.05) is 7.05 Å². The molecule has 0 radical (unpaired) electrons. The maximum atomic E-state index is 12.8. The van der Waals surface area contributed by atoms with E-state index in [2.05, 4.69) is 22.3 Å². The van der Waals surface area contributed by atoms with Crippen molar-refractivity contribution in [3.8, 4) is 17.1 Å². The number of likely N-dealkylation sites (N-methyl/N-ethyl adjacent to an activating group) is 1. The van der Waals surface area contributed by atoms with Gasteiger partial charge in [-0.1, -0.05) is 22.8 Å². The molecule has 1 amide bonds. The molecule has 6 nitrogen and oxygen atoms in total. The molecule has 156 valence electrons. The molecule has 1 aliphatic rings. The summed E-state index contributed by atoms with van der Waals surface area (Å²) in [7, 11) is 1.70. The lowest BCUT2D eigenvalue weighted by Crippen LogP contribution is -2.37. The molecule has 1 heterocycles. The van der Waals surface area contributed by atoms with Gasteiger partial charge in [0.15, 0.2) is 6.10 Å². The molecule has 0 saturated carbocycles. The van der Waals surface area contributed by atoms with Crippen LogP contribution >= 0.6 is 11.6 Å². The van der Waals surface area contributed by atoms with Crippen molar-refractivity contribution in [3.05, 3.63) is 64.5 Å². The highest BCUT2D eigenvalue weighted by molar-refractivity contribution is 6.30. The van der Waals surface area contributed by atoms with Crippen LogP contribution in [0.3, 0.4) is 0 Å². The van der Waals surface area contributed by atoms with Crippen molar-refractivity contribution < 1.29 is 14.1 Å². The molecule has 30 heavy (non-hydrogen) atoms. The maximum absolute atomic E-state index is 12.8. The van der Waals surface area contributed by atoms with Crippen LogP contribution in [-0.4, -0.2) is 34.1 Å². The molecule has 4 rings (SSSR count). The first-order valence-corrected chi connectivity index (χ1v) is 10.5. The third-order valence-electron chi connectivity index (χ3n) is 5.30. The predicted octanol–water partition coefficient (Wildman–Crippen LogP) is 4.69. The zero-order valence-electron chi connectivity index (χ0n) is 17.1. The van der Waals surface area contributed by atoms with Crippen LogP contribution in [0.5, 0.6) is 5.75 Å². The summed E-state index contributed by atoms with van der Waals surface area (Å²) in [5.74, 6) is 1.39.